The minimum atomic E-state index is -4.79. The SMILES string of the molecule is CC(NS(=O)(=O)c1ccc(-c2c(C#N)c3cc(O)c(OC(F)F)cc3n2C2CCC2)nc1)C(F)(F)F. The lowest BCUT2D eigenvalue weighted by atomic mass is 9.92. The molecule has 1 aromatic carbocycles. The summed E-state index contributed by atoms with van der Waals surface area (Å²) in [5.41, 5.74) is 0.779. The van der Waals surface area contributed by atoms with Crippen LogP contribution in [0.15, 0.2) is 35.4 Å². The third-order valence-corrected chi connectivity index (χ3v) is 7.49. The van der Waals surface area contributed by atoms with E-state index in [2.05, 4.69) is 9.72 Å². The lowest BCUT2D eigenvalue weighted by Crippen LogP contribution is -2.42. The van der Waals surface area contributed by atoms with Crippen LogP contribution in [0.5, 0.6) is 11.5 Å². The van der Waals surface area contributed by atoms with Gasteiger partial charge in [-0.05, 0) is 44.4 Å². The summed E-state index contributed by atoms with van der Waals surface area (Å²) in [6, 6.07) is 4.18. The fraction of sp³-hybridized carbons (Fsp3) is 0.364. The quantitative estimate of drug-likeness (QED) is 0.423. The van der Waals surface area contributed by atoms with E-state index in [9.17, 15) is 40.7 Å². The molecule has 4 rings (SSSR count). The lowest BCUT2D eigenvalue weighted by Gasteiger charge is -2.30. The predicted octanol–water partition coefficient (Wildman–Crippen LogP) is 4.84. The zero-order valence-electron chi connectivity index (χ0n) is 18.6. The number of nitrogens with one attached hydrogen (secondary N) is 1. The monoisotopic (exact) mass is 530 g/mol. The van der Waals surface area contributed by atoms with Crippen LogP contribution in [0.3, 0.4) is 0 Å². The van der Waals surface area contributed by atoms with Gasteiger partial charge in [-0.15, -0.1) is 0 Å². The Hall–Kier alpha value is -3.44. The molecule has 0 bridgehead atoms. The van der Waals surface area contributed by atoms with E-state index in [1.807, 2.05) is 6.07 Å². The van der Waals surface area contributed by atoms with E-state index in [1.54, 1.807) is 4.57 Å². The van der Waals surface area contributed by atoms with Gasteiger partial charge in [-0.1, -0.05) is 0 Å². The molecule has 1 aliphatic rings. The van der Waals surface area contributed by atoms with Gasteiger partial charge in [0.1, 0.15) is 17.0 Å². The van der Waals surface area contributed by atoms with Gasteiger partial charge in [0.05, 0.1) is 22.5 Å². The van der Waals surface area contributed by atoms with Crippen LogP contribution >= 0.6 is 0 Å². The molecule has 2 heterocycles. The first kappa shape index (κ1) is 25.6. The molecule has 3 aromatic rings. The number of halogens is 5. The summed E-state index contributed by atoms with van der Waals surface area (Å²) in [5, 5.41) is 20.3. The van der Waals surface area contributed by atoms with E-state index in [0.29, 0.717) is 25.3 Å². The molecule has 0 radical (unpaired) electrons. The van der Waals surface area contributed by atoms with Crippen molar-refractivity contribution in [3.8, 4) is 29.0 Å². The van der Waals surface area contributed by atoms with Gasteiger partial charge < -0.3 is 14.4 Å². The second-order valence-corrected chi connectivity index (χ2v) is 9.98. The predicted molar refractivity (Wildman–Crippen MR) is 117 cm³/mol. The zero-order valence-corrected chi connectivity index (χ0v) is 19.4. The summed E-state index contributed by atoms with van der Waals surface area (Å²) >= 11 is 0. The number of aromatic hydroxyl groups is 1. The highest BCUT2D eigenvalue weighted by Gasteiger charge is 2.39. The van der Waals surface area contributed by atoms with Crippen molar-refractivity contribution < 1.29 is 40.2 Å². The lowest BCUT2D eigenvalue weighted by molar-refractivity contribution is -0.147. The van der Waals surface area contributed by atoms with Gasteiger partial charge in [0.2, 0.25) is 10.0 Å². The number of nitriles is 1. The first-order chi connectivity index (χ1) is 16.8. The van der Waals surface area contributed by atoms with Crippen molar-refractivity contribution in [3.63, 3.8) is 0 Å². The Balaban J connectivity index is 1.83. The number of rotatable bonds is 7. The standard InChI is InChI=1S/C22H19F5N4O4S/c1-11(22(25,26)27)30-36(33,34)13-5-6-16(29-10-13)20-15(9-28)14-7-18(32)19(35-21(23)24)8-17(14)31(20)12-3-2-4-12/h5-8,10-12,21,30,32H,2-4H2,1H3. The molecule has 0 amide bonds. The highest BCUT2D eigenvalue weighted by atomic mass is 32.2. The van der Waals surface area contributed by atoms with Crippen LogP contribution < -0.4 is 9.46 Å². The summed E-state index contributed by atoms with van der Waals surface area (Å²) in [5.74, 6) is -1.08. The number of pyridine rings is 1. The number of hydrogen-bond acceptors (Lipinski definition) is 6. The van der Waals surface area contributed by atoms with Crippen LogP contribution in [0.2, 0.25) is 0 Å². The molecular formula is C22H19F5N4O4S. The van der Waals surface area contributed by atoms with E-state index in [1.165, 1.54) is 16.9 Å². The number of alkyl halides is 5. The number of phenols is 1. The van der Waals surface area contributed by atoms with Crippen molar-refractivity contribution in [1.29, 1.82) is 5.26 Å². The normalized spacial score (nSPS) is 15.6. The number of sulfonamides is 1. The maximum absolute atomic E-state index is 12.8. The highest BCUT2D eigenvalue weighted by Crippen LogP contribution is 2.45. The topological polar surface area (TPSA) is 117 Å². The highest BCUT2D eigenvalue weighted by molar-refractivity contribution is 7.89. The van der Waals surface area contributed by atoms with Crippen molar-refractivity contribution in [1.82, 2.24) is 14.3 Å². The Bertz CT molecular complexity index is 1440. The molecule has 1 fully saturated rings. The fourth-order valence-corrected chi connectivity index (χ4v) is 5.13. The van der Waals surface area contributed by atoms with Gasteiger partial charge in [0.25, 0.3) is 0 Å². The molecule has 0 aliphatic heterocycles. The molecule has 36 heavy (non-hydrogen) atoms. The van der Waals surface area contributed by atoms with Crippen molar-refractivity contribution in [2.75, 3.05) is 0 Å². The zero-order chi connectivity index (χ0) is 26.4. The Kier molecular flexibility index (Phi) is 6.56. The van der Waals surface area contributed by atoms with Crippen LogP contribution in [-0.4, -0.2) is 41.9 Å². The number of hydrogen-bond donors (Lipinski definition) is 2. The van der Waals surface area contributed by atoms with E-state index in [-0.39, 0.29) is 28.4 Å². The van der Waals surface area contributed by atoms with Gasteiger partial charge >= 0.3 is 12.8 Å². The number of phenolic OH excluding ortho intramolecular Hbond substituents is 1. The average molecular weight is 530 g/mol. The van der Waals surface area contributed by atoms with Crippen molar-refractivity contribution >= 4 is 20.9 Å². The van der Waals surface area contributed by atoms with Gasteiger partial charge in [-0.25, -0.2) is 8.42 Å². The molecule has 192 valence electrons. The van der Waals surface area contributed by atoms with E-state index in [4.69, 9.17) is 0 Å². The Morgan fingerprint density at radius 3 is 2.47 bits per heavy atom. The average Bonchev–Trinajstić information content (AvgIpc) is 3.04. The van der Waals surface area contributed by atoms with E-state index < -0.39 is 45.2 Å². The molecule has 1 aliphatic carbocycles. The number of benzene rings is 1. The van der Waals surface area contributed by atoms with Gasteiger partial charge in [-0.2, -0.15) is 31.9 Å². The molecule has 2 aromatic heterocycles. The van der Waals surface area contributed by atoms with Crippen LogP contribution in [0.25, 0.3) is 22.3 Å². The molecule has 1 saturated carbocycles. The number of ether oxygens (including phenoxy) is 1. The minimum Gasteiger partial charge on any atom is -0.504 e. The summed E-state index contributed by atoms with van der Waals surface area (Å²) < 4.78 is 96.4. The second-order valence-electron chi connectivity index (χ2n) is 8.27. The third kappa shape index (κ3) is 4.68. The largest absolute Gasteiger partial charge is 0.504 e. The molecule has 1 unspecified atom stereocenters. The Morgan fingerprint density at radius 2 is 1.97 bits per heavy atom. The summed E-state index contributed by atoms with van der Waals surface area (Å²) in [6.45, 7) is -2.53. The van der Waals surface area contributed by atoms with Crippen molar-refractivity contribution in [3.05, 3.63) is 36.0 Å². The number of fused-ring (bicyclic) bond motifs is 1. The number of aromatic nitrogens is 2. The van der Waals surface area contributed by atoms with Crippen LogP contribution in [0.1, 0.15) is 37.8 Å². The fourth-order valence-electron chi connectivity index (χ4n) is 3.95. The maximum atomic E-state index is 12.8. The summed E-state index contributed by atoms with van der Waals surface area (Å²) in [6.07, 6.45) is -1.63. The summed E-state index contributed by atoms with van der Waals surface area (Å²) in [7, 11) is -4.55. The van der Waals surface area contributed by atoms with Crippen molar-refractivity contribution in [2.24, 2.45) is 0 Å². The molecule has 0 spiro atoms. The molecule has 8 nitrogen and oxygen atoms in total. The summed E-state index contributed by atoms with van der Waals surface area (Å²) in [4.78, 5) is 3.58. The molecular weight excluding hydrogens is 511 g/mol. The van der Waals surface area contributed by atoms with Crippen molar-refractivity contribution in [2.45, 2.75) is 56.0 Å². The Labute approximate surface area is 202 Å². The number of nitrogens with zero attached hydrogens (tertiary/aromatic N) is 3. The minimum absolute atomic E-state index is 0.0581. The molecule has 1 atom stereocenters. The molecule has 0 saturated heterocycles. The van der Waals surface area contributed by atoms with Crippen LogP contribution in [0.4, 0.5) is 22.0 Å². The third-order valence-electron chi connectivity index (χ3n) is 5.96. The smallest absolute Gasteiger partial charge is 0.404 e. The van der Waals surface area contributed by atoms with E-state index >= 15 is 0 Å². The Morgan fingerprint density at radius 1 is 1.28 bits per heavy atom. The van der Waals surface area contributed by atoms with Crippen LogP contribution in [-0.2, 0) is 10.0 Å². The van der Waals surface area contributed by atoms with Crippen LogP contribution in [0, 0.1) is 11.3 Å². The van der Waals surface area contributed by atoms with Gasteiger partial charge in [0, 0.05) is 23.7 Å². The first-order valence-corrected chi connectivity index (χ1v) is 12.1. The first-order valence-electron chi connectivity index (χ1n) is 10.6. The second kappa shape index (κ2) is 9.21. The van der Waals surface area contributed by atoms with E-state index in [0.717, 1.165) is 24.8 Å². The molecule has 14 heteroatoms. The maximum Gasteiger partial charge on any atom is 0.404 e. The molecule has 2 N–H and O–H groups in total. The van der Waals surface area contributed by atoms with Gasteiger partial charge in [-0.3, -0.25) is 4.98 Å². The van der Waals surface area contributed by atoms with Gasteiger partial charge in [0.15, 0.2) is 11.5 Å².